The number of hydrogen-bond acceptors (Lipinski definition) is 3. The molecule has 0 aromatic heterocycles. The third kappa shape index (κ3) is 5.30. The lowest BCUT2D eigenvalue weighted by molar-refractivity contribution is -0.154. The van der Waals surface area contributed by atoms with Crippen LogP contribution in [0.2, 0.25) is 0 Å². The number of piperidine rings is 1. The third-order valence-electron chi connectivity index (χ3n) is 6.80. The normalized spacial score (nSPS) is 14.6. The van der Waals surface area contributed by atoms with Gasteiger partial charge in [-0.3, -0.25) is 19.4 Å². The highest BCUT2D eigenvalue weighted by Gasteiger charge is 2.45. The lowest BCUT2D eigenvalue weighted by Gasteiger charge is -2.40. The standard InChI is InChI=1S/C28H27F2N3O4/c1-31(20-9-3-2-4-10-20)27(37)32-17-15-28(16-18-32,26(35)36)19-25(34)33(23-13-7-5-11-21(23)29)24-14-8-6-12-22(24)30/h2-14H,15-19H2,1H3,(H,35,36). The molecule has 192 valence electrons. The number of carbonyl (C=O) groups is 3. The fourth-order valence-electron chi connectivity index (χ4n) is 4.60. The molecule has 3 amide bonds. The molecule has 3 aromatic rings. The number of para-hydroxylation sites is 3. The maximum Gasteiger partial charge on any atom is 0.324 e. The van der Waals surface area contributed by atoms with Crippen molar-refractivity contribution in [1.82, 2.24) is 4.90 Å². The molecule has 3 aromatic carbocycles. The highest BCUT2D eigenvalue weighted by molar-refractivity contribution is 6.02. The Balaban J connectivity index is 1.56. The Morgan fingerprint density at radius 3 is 1.81 bits per heavy atom. The molecule has 0 unspecified atom stereocenters. The minimum atomic E-state index is -1.49. The predicted molar refractivity (Wildman–Crippen MR) is 136 cm³/mol. The number of carboxylic acids is 1. The van der Waals surface area contributed by atoms with Crippen LogP contribution in [0.15, 0.2) is 78.9 Å². The van der Waals surface area contributed by atoms with Crippen LogP contribution in [0, 0.1) is 17.0 Å². The molecular weight excluding hydrogens is 480 g/mol. The maximum absolute atomic E-state index is 14.7. The van der Waals surface area contributed by atoms with Gasteiger partial charge in [0.25, 0.3) is 0 Å². The van der Waals surface area contributed by atoms with E-state index in [1.54, 1.807) is 24.1 Å². The van der Waals surface area contributed by atoms with Crippen LogP contribution >= 0.6 is 0 Å². The minimum Gasteiger partial charge on any atom is -0.481 e. The second-order valence-corrected chi connectivity index (χ2v) is 9.06. The van der Waals surface area contributed by atoms with E-state index >= 15 is 0 Å². The monoisotopic (exact) mass is 507 g/mol. The molecule has 1 fully saturated rings. The first kappa shape index (κ1) is 25.8. The van der Waals surface area contributed by atoms with Crippen molar-refractivity contribution in [1.29, 1.82) is 0 Å². The van der Waals surface area contributed by atoms with Gasteiger partial charge < -0.3 is 10.0 Å². The van der Waals surface area contributed by atoms with Crippen molar-refractivity contribution in [2.24, 2.45) is 5.41 Å². The fourth-order valence-corrected chi connectivity index (χ4v) is 4.60. The Morgan fingerprint density at radius 2 is 1.32 bits per heavy atom. The largest absolute Gasteiger partial charge is 0.481 e. The first-order chi connectivity index (χ1) is 17.7. The van der Waals surface area contributed by atoms with Gasteiger partial charge in [-0.05, 0) is 49.2 Å². The zero-order valence-corrected chi connectivity index (χ0v) is 20.3. The first-order valence-corrected chi connectivity index (χ1v) is 11.9. The molecule has 1 aliphatic rings. The number of aliphatic carboxylic acids is 1. The number of urea groups is 1. The van der Waals surface area contributed by atoms with Crippen LogP contribution in [0.25, 0.3) is 0 Å². The SMILES string of the molecule is CN(C(=O)N1CCC(CC(=O)N(c2ccccc2F)c2ccccc2F)(C(=O)O)CC1)c1ccccc1. The van der Waals surface area contributed by atoms with E-state index in [-0.39, 0.29) is 43.3 Å². The van der Waals surface area contributed by atoms with Crippen molar-refractivity contribution < 1.29 is 28.3 Å². The average molecular weight is 508 g/mol. The van der Waals surface area contributed by atoms with Crippen molar-refractivity contribution in [2.45, 2.75) is 19.3 Å². The number of nitrogens with zero attached hydrogens (tertiary/aromatic N) is 3. The lowest BCUT2D eigenvalue weighted by atomic mass is 9.75. The van der Waals surface area contributed by atoms with Crippen molar-refractivity contribution >= 4 is 35.0 Å². The number of benzene rings is 3. The zero-order valence-electron chi connectivity index (χ0n) is 20.3. The van der Waals surface area contributed by atoms with Crippen molar-refractivity contribution in [3.63, 3.8) is 0 Å². The number of anilines is 3. The second kappa shape index (κ2) is 10.8. The van der Waals surface area contributed by atoms with E-state index in [9.17, 15) is 28.3 Å². The van der Waals surface area contributed by atoms with Crippen LogP contribution in [0.4, 0.5) is 30.6 Å². The van der Waals surface area contributed by atoms with E-state index in [4.69, 9.17) is 0 Å². The van der Waals surface area contributed by atoms with Crippen LogP contribution in [0.1, 0.15) is 19.3 Å². The topological polar surface area (TPSA) is 81.2 Å². The molecule has 0 bridgehead atoms. The van der Waals surface area contributed by atoms with Gasteiger partial charge in [0.2, 0.25) is 5.91 Å². The number of amides is 3. The summed E-state index contributed by atoms with van der Waals surface area (Å²) < 4.78 is 29.4. The van der Waals surface area contributed by atoms with Crippen molar-refractivity contribution in [2.75, 3.05) is 29.9 Å². The van der Waals surface area contributed by atoms with Gasteiger partial charge in [0, 0.05) is 32.2 Å². The molecule has 4 rings (SSSR count). The number of carbonyl (C=O) groups excluding carboxylic acids is 2. The molecule has 7 nitrogen and oxygen atoms in total. The van der Waals surface area contributed by atoms with E-state index in [0.717, 1.165) is 17.0 Å². The van der Waals surface area contributed by atoms with Crippen LogP contribution < -0.4 is 9.80 Å². The second-order valence-electron chi connectivity index (χ2n) is 9.06. The Labute approximate surface area is 213 Å². The molecule has 1 heterocycles. The molecule has 0 aliphatic carbocycles. The van der Waals surface area contributed by atoms with E-state index in [0.29, 0.717) is 5.69 Å². The fraction of sp³-hybridized carbons (Fsp3) is 0.250. The summed E-state index contributed by atoms with van der Waals surface area (Å²) >= 11 is 0. The number of carboxylic acid groups (broad SMARTS) is 1. The quantitative estimate of drug-likeness (QED) is 0.482. The summed E-state index contributed by atoms with van der Waals surface area (Å²) in [6.45, 7) is 0.240. The van der Waals surface area contributed by atoms with Crippen LogP contribution in [0.5, 0.6) is 0 Å². The molecule has 1 aliphatic heterocycles. The first-order valence-electron chi connectivity index (χ1n) is 11.9. The smallest absolute Gasteiger partial charge is 0.324 e. The van der Waals surface area contributed by atoms with Gasteiger partial charge in [-0.15, -0.1) is 0 Å². The molecule has 9 heteroatoms. The number of halogens is 2. The molecule has 0 spiro atoms. The maximum atomic E-state index is 14.7. The number of likely N-dealkylation sites (tertiary alicyclic amines) is 1. The van der Waals surface area contributed by atoms with Gasteiger partial charge in [0.05, 0.1) is 16.8 Å². The van der Waals surface area contributed by atoms with Crippen molar-refractivity contribution in [3.05, 3.63) is 90.5 Å². The Bertz CT molecular complexity index is 1250. The van der Waals surface area contributed by atoms with Crippen molar-refractivity contribution in [3.8, 4) is 0 Å². The molecule has 0 radical (unpaired) electrons. The minimum absolute atomic E-state index is 0.0187. The zero-order chi connectivity index (χ0) is 26.6. The van der Waals surface area contributed by atoms with E-state index in [1.807, 2.05) is 18.2 Å². The Morgan fingerprint density at radius 1 is 0.838 bits per heavy atom. The average Bonchev–Trinajstić information content (AvgIpc) is 2.91. The molecule has 1 saturated heterocycles. The predicted octanol–water partition coefficient (Wildman–Crippen LogP) is 5.44. The summed E-state index contributed by atoms with van der Waals surface area (Å²) in [5.41, 5.74) is -1.14. The summed E-state index contributed by atoms with van der Waals surface area (Å²) in [5.74, 6) is -3.43. The van der Waals surface area contributed by atoms with Gasteiger partial charge >= 0.3 is 12.0 Å². The molecule has 0 atom stereocenters. The third-order valence-corrected chi connectivity index (χ3v) is 6.80. The van der Waals surface area contributed by atoms with E-state index < -0.39 is 35.3 Å². The van der Waals surface area contributed by atoms with E-state index in [1.165, 1.54) is 41.3 Å². The molecule has 37 heavy (non-hydrogen) atoms. The van der Waals surface area contributed by atoms with Crippen LogP contribution in [0.3, 0.4) is 0 Å². The molecule has 0 saturated carbocycles. The molecular formula is C28H27F2N3O4. The highest BCUT2D eigenvalue weighted by Crippen LogP contribution is 2.39. The Hall–Kier alpha value is -4.27. The summed E-state index contributed by atoms with van der Waals surface area (Å²) in [4.78, 5) is 42.9. The summed E-state index contributed by atoms with van der Waals surface area (Å²) in [5, 5.41) is 10.1. The van der Waals surface area contributed by atoms with Gasteiger partial charge in [0.15, 0.2) is 0 Å². The van der Waals surface area contributed by atoms with E-state index in [2.05, 4.69) is 0 Å². The summed E-state index contributed by atoms with van der Waals surface area (Å²) in [6, 6.07) is 19.7. The van der Waals surface area contributed by atoms with Gasteiger partial charge in [0.1, 0.15) is 11.6 Å². The van der Waals surface area contributed by atoms with Gasteiger partial charge in [-0.1, -0.05) is 42.5 Å². The summed E-state index contributed by atoms with van der Waals surface area (Å²) in [7, 11) is 1.64. The number of rotatable bonds is 6. The van der Waals surface area contributed by atoms with Gasteiger partial charge in [-0.25, -0.2) is 13.6 Å². The van der Waals surface area contributed by atoms with Gasteiger partial charge in [-0.2, -0.15) is 0 Å². The summed E-state index contributed by atoms with van der Waals surface area (Å²) in [6.07, 6.45) is -0.447. The van der Waals surface area contributed by atoms with Crippen LogP contribution in [-0.4, -0.2) is 48.1 Å². The van der Waals surface area contributed by atoms with Crippen LogP contribution in [-0.2, 0) is 9.59 Å². The lowest BCUT2D eigenvalue weighted by Crippen LogP contribution is -2.51. The highest BCUT2D eigenvalue weighted by atomic mass is 19.1. The molecule has 1 N–H and O–H groups in total. The Kier molecular flexibility index (Phi) is 7.52. The number of hydrogen-bond donors (Lipinski definition) is 1.